The van der Waals surface area contributed by atoms with Crippen molar-refractivity contribution >= 4 is 0 Å². The Hall–Kier alpha value is -1.41. The fraction of sp³-hybridized carbons (Fsp3) is 0.632. The van der Waals surface area contributed by atoms with E-state index in [4.69, 9.17) is 14.7 Å². The molecule has 1 aliphatic heterocycles. The second kappa shape index (κ2) is 8.44. The molecule has 1 aromatic carbocycles. The van der Waals surface area contributed by atoms with Crippen LogP contribution in [0.5, 0.6) is 0 Å². The molecule has 1 aliphatic rings. The molecule has 0 radical (unpaired) electrons. The molecule has 0 saturated carbocycles. The molecule has 23 heavy (non-hydrogen) atoms. The Bertz CT molecular complexity index is 514. The van der Waals surface area contributed by atoms with E-state index in [2.05, 4.69) is 19.9 Å². The third-order valence-corrected chi connectivity index (χ3v) is 4.56. The fourth-order valence-electron chi connectivity index (χ4n) is 3.32. The molecule has 0 aliphatic carbocycles. The van der Waals surface area contributed by atoms with Gasteiger partial charge in [-0.2, -0.15) is 5.26 Å². The normalized spacial score (nSPS) is 19.2. The van der Waals surface area contributed by atoms with Gasteiger partial charge in [-0.15, -0.1) is 0 Å². The molecule has 126 valence electrons. The van der Waals surface area contributed by atoms with Crippen molar-refractivity contribution < 1.29 is 14.6 Å². The molecule has 0 spiro atoms. The van der Waals surface area contributed by atoms with Crippen molar-refractivity contribution in [2.45, 2.75) is 57.8 Å². The summed E-state index contributed by atoms with van der Waals surface area (Å²) < 4.78 is 11.8. The van der Waals surface area contributed by atoms with Crippen molar-refractivity contribution in [1.82, 2.24) is 0 Å². The molecular formula is C19H27NO3. The van der Waals surface area contributed by atoms with Gasteiger partial charge in [-0.25, -0.2) is 0 Å². The van der Waals surface area contributed by atoms with E-state index in [-0.39, 0.29) is 5.92 Å². The number of rotatable bonds is 8. The van der Waals surface area contributed by atoms with Crippen LogP contribution < -0.4 is 0 Å². The van der Waals surface area contributed by atoms with Crippen LogP contribution in [0.4, 0.5) is 0 Å². The van der Waals surface area contributed by atoms with Crippen molar-refractivity contribution in [3.63, 3.8) is 0 Å². The molecule has 4 heteroatoms. The molecule has 2 unspecified atom stereocenters. The van der Waals surface area contributed by atoms with Crippen LogP contribution in [0.25, 0.3) is 0 Å². The second-order valence-corrected chi connectivity index (χ2v) is 6.19. The van der Waals surface area contributed by atoms with Gasteiger partial charge < -0.3 is 14.6 Å². The van der Waals surface area contributed by atoms with Crippen LogP contribution in [0, 0.1) is 17.2 Å². The van der Waals surface area contributed by atoms with Crippen molar-refractivity contribution in [3.05, 3.63) is 35.4 Å². The maximum atomic E-state index is 11.1. The third-order valence-electron chi connectivity index (χ3n) is 4.56. The van der Waals surface area contributed by atoms with Gasteiger partial charge in [0.1, 0.15) is 6.10 Å². The number of hydrogen-bond donors (Lipinski definition) is 1. The minimum Gasteiger partial charge on any atom is -0.387 e. The highest BCUT2D eigenvalue weighted by Gasteiger charge is 2.48. The highest BCUT2D eigenvalue weighted by molar-refractivity contribution is 5.34. The lowest BCUT2D eigenvalue weighted by molar-refractivity contribution is -0.244. The number of hydrogen-bond acceptors (Lipinski definition) is 4. The minimum atomic E-state index is -1.10. The summed E-state index contributed by atoms with van der Waals surface area (Å²) in [6, 6.07) is 9.26. The predicted octanol–water partition coefficient (Wildman–Crippen LogP) is 3.73. The molecule has 0 amide bonds. The number of ether oxygens (including phenoxy) is 2. The average molecular weight is 317 g/mol. The first-order valence-corrected chi connectivity index (χ1v) is 8.64. The summed E-state index contributed by atoms with van der Waals surface area (Å²) in [6.45, 7) is 5.25. The monoisotopic (exact) mass is 317 g/mol. The van der Waals surface area contributed by atoms with Gasteiger partial charge >= 0.3 is 0 Å². The molecule has 0 bridgehead atoms. The van der Waals surface area contributed by atoms with Crippen LogP contribution in [0.2, 0.25) is 0 Å². The van der Waals surface area contributed by atoms with Gasteiger partial charge in [-0.1, -0.05) is 45.2 Å². The van der Waals surface area contributed by atoms with Gasteiger partial charge in [0.15, 0.2) is 0 Å². The molecule has 1 saturated heterocycles. The van der Waals surface area contributed by atoms with Crippen LogP contribution in [0.3, 0.4) is 0 Å². The second-order valence-electron chi connectivity index (χ2n) is 6.19. The highest BCUT2D eigenvalue weighted by Crippen LogP contribution is 2.40. The van der Waals surface area contributed by atoms with Gasteiger partial charge in [-0.05, 0) is 30.9 Å². The van der Waals surface area contributed by atoms with Gasteiger partial charge in [0.25, 0.3) is 0 Å². The van der Waals surface area contributed by atoms with Crippen molar-refractivity contribution in [2.75, 3.05) is 13.2 Å². The van der Waals surface area contributed by atoms with E-state index in [1.54, 1.807) is 12.1 Å². The third kappa shape index (κ3) is 3.92. The summed E-state index contributed by atoms with van der Waals surface area (Å²) in [5.41, 5.74) is 1.38. The zero-order chi connectivity index (χ0) is 16.7. The van der Waals surface area contributed by atoms with Crippen LogP contribution in [0.1, 0.15) is 57.1 Å². The van der Waals surface area contributed by atoms with Crippen LogP contribution in [-0.2, 0) is 15.3 Å². The maximum Gasteiger partial charge on any atom is 0.222 e. The van der Waals surface area contributed by atoms with Crippen molar-refractivity contribution in [2.24, 2.45) is 5.92 Å². The van der Waals surface area contributed by atoms with E-state index < -0.39 is 11.9 Å². The summed E-state index contributed by atoms with van der Waals surface area (Å²) in [4.78, 5) is 0. The molecule has 1 aromatic rings. The molecule has 4 nitrogen and oxygen atoms in total. The molecule has 2 rings (SSSR count). The van der Waals surface area contributed by atoms with Gasteiger partial charge in [0.2, 0.25) is 5.79 Å². The van der Waals surface area contributed by atoms with Crippen molar-refractivity contribution in [1.29, 1.82) is 5.26 Å². The van der Waals surface area contributed by atoms with Crippen molar-refractivity contribution in [3.8, 4) is 6.07 Å². The van der Waals surface area contributed by atoms with Crippen LogP contribution in [0.15, 0.2) is 24.3 Å². The Morgan fingerprint density at radius 3 is 2.30 bits per heavy atom. The van der Waals surface area contributed by atoms with E-state index in [0.717, 1.165) is 37.7 Å². The Labute approximate surface area is 139 Å². The Kier molecular flexibility index (Phi) is 6.59. The molecular weight excluding hydrogens is 290 g/mol. The Morgan fingerprint density at radius 1 is 1.13 bits per heavy atom. The summed E-state index contributed by atoms with van der Waals surface area (Å²) >= 11 is 0. The van der Waals surface area contributed by atoms with Crippen LogP contribution in [-0.4, -0.2) is 24.4 Å². The molecule has 1 fully saturated rings. The topological polar surface area (TPSA) is 62.5 Å². The summed E-state index contributed by atoms with van der Waals surface area (Å²) in [6.07, 6.45) is 4.44. The first-order valence-electron chi connectivity index (χ1n) is 8.64. The average Bonchev–Trinajstić information content (AvgIpc) is 3.09. The largest absolute Gasteiger partial charge is 0.387 e. The summed E-state index contributed by atoms with van der Waals surface area (Å²) in [5.74, 6) is -0.949. The van der Waals surface area contributed by atoms with E-state index >= 15 is 0 Å². The number of aliphatic hydroxyl groups is 1. The molecule has 2 atom stereocenters. The van der Waals surface area contributed by atoms with E-state index in [9.17, 15) is 5.11 Å². The predicted molar refractivity (Wildman–Crippen MR) is 88.7 cm³/mol. The van der Waals surface area contributed by atoms with E-state index in [0.29, 0.717) is 18.8 Å². The lowest BCUT2D eigenvalue weighted by Crippen LogP contribution is -2.45. The molecule has 1 heterocycles. The first kappa shape index (κ1) is 17.9. The van der Waals surface area contributed by atoms with Crippen LogP contribution >= 0.6 is 0 Å². The highest BCUT2D eigenvalue weighted by atomic mass is 16.7. The van der Waals surface area contributed by atoms with E-state index in [1.165, 1.54) is 0 Å². The van der Waals surface area contributed by atoms with E-state index in [1.807, 2.05) is 12.1 Å². The summed E-state index contributed by atoms with van der Waals surface area (Å²) in [5, 5.41) is 20.0. The molecule has 0 aromatic heterocycles. The number of nitriles is 1. The number of unbranched alkanes of at least 4 members (excludes halogenated alkanes) is 1. The molecule has 1 N–H and O–H groups in total. The zero-order valence-corrected chi connectivity index (χ0v) is 14.1. The van der Waals surface area contributed by atoms with Gasteiger partial charge in [0.05, 0.1) is 24.8 Å². The number of benzene rings is 1. The lowest BCUT2D eigenvalue weighted by Gasteiger charge is -2.37. The minimum absolute atomic E-state index is 0.147. The number of nitrogens with zero attached hydrogens (tertiary/aromatic N) is 1. The maximum absolute atomic E-state index is 11.1. The Morgan fingerprint density at radius 2 is 1.78 bits per heavy atom. The summed E-state index contributed by atoms with van der Waals surface area (Å²) in [7, 11) is 0. The quantitative estimate of drug-likeness (QED) is 0.793. The smallest absolute Gasteiger partial charge is 0.222 e. The Balaban J connectivity index is 2.28. The lowest BCUT2D eigenvalue weighted by atomic mass is 9.84. The zero-order valence-electron chi connectivity index (χ0n) is 14.1. The van der Waals surface area contributed by atoms with Gasteiger partial charge in [-0.3, -0.25) is 0 Å². The fourth-order valence-corrected chi connectivity index (χ4v) is 3.32. The SMILES string of the molecule is CCCCC(CCC)C(O)C1(c2ccc(C#N)cc2)OCCO1. The standard InChI is InChI=1S/C19H27NO3/c1-3-5-7-16(6-4-2)18(21)19(22-12-13-23-19)17-10-8-15(14-20)9-11-17/h8-11,16,18,21H,3-7,12-13H2,1-2H3. The first-order chi connectivity index (χ1) is 11.2. The van der Waals surface area contributed by atoms with Gasteiger partial charge in [0, 0.05) is 5.56 Å². The number of aliphatic hydroxyl groups excluding tert-OH is 1.